The van der Waals surface area contributed by atoms with Crippen molar-refractivity contribution in [2.24, 2.45) is 11.7 Å². The SMILES string of the molecule is CC(C)(N)C(=O)N1CCCC(C(=O)NCCO)C1. The number of aliphatic hydroxyl groups is 1. The minimum absolute atomic E-state index is 0.0725. The summed E-state index contributed by atoms with van der Waals surface area (Å²) in [4.78, 5) is 25.5. The normalized spacial score (nSPS) is 20.7. The Morgan fingerprint density at radius 1 is 1.50 bits per heavy atom. The van der Waals surface area contributed by atoms with Gasteiger partial charge in [-0.15, -0.1) is 0 Å². The third-order valence-electron chi connectivity index (χ3n) is 3.04. The van der Waals surface area contributed by atoms with Gasteiger partial charge in [-0.1, -0.05) is 0 Å². The zero-order valence-electron chi connectivity index (χ0n) is 11.1. The van der Waals surface area contributed by atoms with E-state index < -0.39 is 5.54 Å². The summed E-state index contributed by atoms with van der Waals surface area (Å²) in [7, 11) is 0. The van der Waals surface area contributed by atoms with E-state index in [0.29, 0.717) is 13.1 Å². The molecule has 0 aliphatic carbocycles. The number of amides is 2. The highest BCUT2D eigenvalue weighted by atomic mass is 16.3. The third kappa shape index (κ3) is 3.96. The van der Waals surface area contributed by atoms with Crippen molar-refractivity contribution < 1.29 is 14.7 Å². The van der Waals surface area contributed by atoms with Gasteiger partial charge in [-0.2, -0.15) is 0 Å². The van der Waals surface area contributed by atoms with E-state index in [9.17, 15) is 9.59 Å². The molecule has 1 aliphatic rings. The van der Waals surface area contributed by atoms with E-state index in [-0.39, 0.29) is 30.9 Å². The number of nitrogens with zero attached hydrogens (tertiary/aromatic N) is 1. The second-order valence-corrected chi connectivity index (χ2v) is 5.33. The third-order valence-corrected chi connectivity index (χ3v) is 3.04. The Kier molecular flexibility index (Phi) is 5.10. The van der Waals surface area contributed by atoms with Crippen molar-refractivity contribution in [2.75, 3.05) is 26.2 Å². The van der Waals surface area contributed by atoms with Crippen molar-refractivity contribution >= 4 is 11.8 Å². The highest BCUT2D eigenvalue weighted by molar-refractivity contribution is 5.86. The van der Waals surface area contributed by atoms with Crippen molar-refractivity contribution in [2.45, 2.75) is 32.2 Å². The van der Waals surface area contributed by atoms with Gasteiger partial charge in [0, 0.05) is 19.6 Å². The predicted octanol–water partition coefficient (Wildman–Crippen LogP) is -0.929. The molecule has 0 aromatic heterocycles. The van der Waals surface area contributed by atoms with Crippen LogP contribution in [0.2, 0.25) is 0 Å². The average molecular weight is 257 g/mol. The molecule has 2 amide bonds. The number of nitrogens with two attached hydrogens (primary N) is 1. The van der Waals surface area contributed by atoms with Gasteiger partial charge in [-0.25, -0.2) is 0 Å². The second kappa shape index (κ2) is 6.15. The van der Waals surface area contributed by atoms with Crippen LogP contribution in [0.1, 0.15) is 26.7 Å². The summed E-state index contributed by atoms with van der Waals surface area (Å²) >= 11 is 0. The molecule has 0 aromatic rings. The first-order chi connectivity index (χ1) is 8.36. The molecule has 0 aromatic carbocycles. The monoisotopic (exact) mass is 257 g/mol. The Morgan fingerprint density at radius 2 is 2.17 bits per heavy atom. The second-order valence-electron chi connectivity index (χ2n) is 5.33. The molecular weight excluding hydrogens is 234 g/mol. The van der Waals surface area contributed by atoms with Crippen LogP contribution in [0.15, 0.2) is 0 Å². The van der Waals surface area contributed by atoms with Crippen LogP contribution in [-0.2, 0) is 9.59 Å². The maximum atomic E-state index is 12.0. The molecule has 0 saturated carbocycles. The molecule has 0 bridgehead atoms. The summed E-state index contributed by atoms with van der Waals surface area (Å²) in [6.45, 7) is 4.60. The van der Waals surface area contributed by atoms with E-state index in [1.54, 1.807) is 18.7 Å². The van der Waals surface area contributed by atoms with E-state index in [0.717, 1.165) is 12.8 Å². The van der Waals surface area contributed by atoms with E-state index in [1.165, 1.54) is 0 Å². The molecule has 1 unspecified atom stereocenters. The lowest BCUT2D eigenvalue weighted by Crippen LogP contribution is -2.55. The summed E-state index contributed by atoms with van der Waals surface area (Å²) in [6.07, 6.45) is 1.57. The number of carbonyl (C=O) groups excluding carboxylic acids is 2. The van der Waals surface area contributed by atoms with Gasteiger partial charge in [0.1, 0.15) is 0 Å². The number of rotatable bonds is 4. The molecule has 0 radical (unpaired) electrons. The molecule has 1 aliphatic heterocycles. The van der Waals surface area contributed by atoms with E-state index in [1.807, 2.05) is 0 Å². The minimum atomic E-state index is -0.899. The highest BCUT2D eigenvalue weighted by Gasteiger charge is 2.33. The fourth-order valence-electron chi connectivity index (χ4n) is 2.11. The topological polar surface area (TPSA) is 95.7 Å². The van der Waals surface area contributed by atoms with Gasteiger partial charge in [0.2, 0.25) is 11.8 Å². The maximum Gasteiger partial charge on any atom is 0.242 e. The molecule has 0 spiro atoms. The first kappa shape index (κ1) is 14.9. The summed E-state index contributed by atoms with van der Waals surface area (Å²) in [5.74, 6) is -0.421. The van der Waals surface area contributed by atoms with Crippen molar-refractivity contribution in [3.8, 4) is 0 Å². The molecule has 6 nitrogen and oxygen atoms in total. The number of carbonyl (C=O) groups is 2. The zero-order valence-corrected chi connectivity index (χ0v) is 11.1. The Hall–Kier alpha value is -1.14. The first-order valence-corrected chi connectivity index (χ1v) is 6.33. The fourth-order valence-corrected chi connectivity index (χ4v) is 2.11. The number of aliphatic hydroxyl groups excluding tert-OH is 1. The molecule has 1 fully saturated rings. The molecule has 1 rings (SSSR count). The van der Waals surface area contributed by atoms with Gasteiger partial charge in [0.05, 0.1) is 18.1 Å². The molecule has 1 atom stereocenters. The van der Waals surface area contributed by atoms with Gasteiger partial charge in [-0.05, 0) is 26.7 Å². The summed E-state index contributed by atoms with van der Waals surface area (Å²) in [5, 5.41) is 11.3. The van der Waals surface area contributed by atoms with Crippen molar-refractivity contribution in [3.63, 3.8) is 0 Å². The zero-order chi connectivity index (χ0) is 13.8. The molecular formula is C12H23N3O3. The number of hydrogen-bond donors (Lipinski definition) is 3. The van der Waals surface area contributed by atoms with Crippen LogP contribution in [-0.4, -0.2) is 53.6 Å². The summed E-state index contributed by atoms with van der Waals surface area (Å²) < 4.78 is 0. The van der Waals surface area contributed by atoms with E-state index >= 15 is 0 Å². The molecule has 6 heteroatoms. The van der Waals surface area contributed by atoms with Gasteiger partial charge in [0.25, 0.3) is 0 Å². The summed E-state index contributed by atoms with van der Waals surface area (Å²) in [6, 6.07) is 0. The number of hydrogen-bond acceptors (Lipinski definition) is 4. The van der Waals surface area contributed by atoms with Crippen LogP contribution < -0.4 is 11.1 Å². The van der Waals surface area contributed by atoms with Crippen LogP contribution in [0.3, 0.4) is 0 Å². The van der Waals surface area contributed by atoms with Crippen LogP contribution in [0.5, 0.6) is 0 Å². The Balaban J connectivity index is 2.56. The lowest BCUT2D eigenvalue weighted by Gasteiger charge is -2.35. The molecule has 104 valence electrons. The highest BCUT2D eigenvalue weighted by Crippen LogP contribution is 2.19. The molecule has 18 heavy (non-hydrogen) atoms. The van der Waals surface area contributed by atoms with Gasteiger partial charge >= 0.3 is 0 Å². The molecule has 1 heterocycles. The van der Waals surface area contributed by atoms with Crippen LogP contribution in [0, 0.1) is 5.92 Å². The summed E-state index contributed by atoms with van der Waals surface area (Å²) in [5.41, 5.74) is 4.89. The molecule has 1 saturated heterocycles. The minimum Gasteiger partial charge on any atom is -0.395 e. The van der Waals surface area contributed by atoms with Gasteiger partial charge in [-0.3, -0.25) is 9.59 Å². The smallest absolute Gasteiger partial charge is 0.242 e. The number of likely N-dealkylation sites (tertiary alicyclic amines) is 1. The lowest BCUT2D eigenvalue weighted by atomic mass is 9.95. The molecule has 4 N–H and O–H groups in total. The lowest BCUT2D eigenvalue weighted by molar-refractivity contribution is -0.139. The average Bonchev–Trinajstić information content (AvgIpc) is 2.34. The van der Waals surface area contributed by atoms with Crippen LogP contribution >= 0.6 is 0 Å². The van der Waals surface area contributed by atoms with Gasteiger partial charge < -0.3 is 21.1 Å². The van der Waals surface area contributed by atoms with Crippen molar-refractivity contribution in [1.29, 1.82) is 0 Å². The fraction of sp³-hybridized carbons (Fsp3) is 0.833. The van der Waals surface area contributed by atoms with E-state index in [2.05, 4.69) is 5.32 Å². The van der Waals surface area contributed by atoms with E-state index in [4.69, 9.17) is 10.8 Å². The first-order valence-electron chi connectivity index (χ1n) is 6.33. The number of piperidine rings is 1. The Bertz CT molecular complexity index is 312. The standard InChI is InChI=1S/C12H23N3O3/c1-12(2,13)11(18)15-6-3-4-9(8-15)10(17)14-5-7-16/h9,16H,3-8,13H2,1-2H3,(H,14,17). The van der Waals surface area contributed by atoms with Gasteiger partial charge in [0.15, 0.2) is 0 Å². The Labute approximate surface area is 108 Å². The largest absolute Gasteiger partial charge is 0.395 e. The number of nitrogens with one attached hydrogen (secondary N) is 1. The maximum absolute atomic E-state index is 12.0. The van der Waals surface area contributed by atoms with Crippen LogP contribution in [0.4, 0.5) is 0 Å². The van der Waals surface area contributed by atoms with Crippen molar-refractivity contribution in [3.05, 3.63) is 0 Å². The van der Waals surface area contributed by atoms with Crippen LogP contribution in [0.25, 0.3) is 0 Å². The Morgan fingerprint density at radius 3 is 2.72 bits per heavy atom. The van der Waals surface area contributed by atoms with Crippen molar-refractivity contribution in [1.82, 2.24) is 10.2 Å². The quantitative estimate of drug-likeness (QED) is 0.606. The predicted molar refractivity (Wildman–Crippen MR) is 67.7 cm³/mol.